The third-order valence-corrected chi connectivity index (χ3v) is 6.97. The van der Waals surface area contributed by atoms with E-state index >= 15 is 0 Å². The average molecular weight is 444 g/mol. The Labute approximate surface area is 194 Å². The normalized spacial score (nSPS) is 16.2. The van der Waals surface area contributed by atoms with E-state index in [0.29, 0.717) is 37.5 Å². The maximum Gasteiger partial charge on any atom is 0.289 e. The number of amides is 2. The molecule has 170 valence electrons. The highest BCUT2D eigenvalue weighted by molar-refractivity contribution is 5.96. The van der Waals surface area contributed by atoms with Crippen molar-refractivity contribution < 1.29 is 14.0 Å². The number of aryl methyl sites for hydroxylation is 3. The van der Waals surface area contributed by atoms with Gasteiger partial charge < -0.3 is 14.2 Å². The predicted octanol–water partition coefficient (Wildman–Crippen LogP) is 4.78. The van der Waals surface area contributed by atoms with E-state index in [0.717, 1.165) is 35.6 Å². The molecule has 2 aromatic heterocycles. The molecule has 2 aliphatic heterocycles. The van der Waals surface area contributed by atoms with Gasteiger partial charge in [0, 0.05) is 37.8 Å². The molecule has 0 unspecified atom stereocenters. The molecule has 1 aromatic carbocycles. The Morgan fingerprint density at radius 2 is 1.58 bits per heavy atom. The van der Waals surface area contributed by atoms with Crippen molar-refractivity contribution in [2.24, 2.45) is 0 Å². The van der Waals surface area contributed by atoms with Crippen LogP contribution in [-0.4, -0.2) is 39.7 Å². The van der Waals surface area contributed by atoms with Gasteiger partial charge in [-0.25, -0.2) is 0 Å². The smallest absolute Gasteiger partial charge is 0.289 e. The Morgan fingerprint density at radius 3 is 2.18 bits per heavy atom. The fraction of sp³-hybridized carbons (Fsp3) is 0.370. The van der Waals surface area contributed by atoms with Gasteiger partial charge in [-0.15, -0.1) is 0 Å². The van der Waals surface area contributed by atoms with Crippen LogP contribution < -0.4 is 0 Å². The van der Waals surface area contributed by atoms with E-state index < -0.39 is 0 Å². The van der Waals surface area contributed by atoms with Crippen molar-refractivity contribution in [3.8, 4) is 0 Å². The molecule has 0 saturated carbocycles. The molecule has 0 radical (unpaired) electrons. The van der Waals surface area contributed by atoms with Gasteiger partial charge >= 0.3 is 0 Å². The molecular weight excluding hydrogens is 414 g/mol. The number of nitrogens with zero attached hydrogens (tertiary/aromatic N) is 3. The predicted molar refractivity (Wildman–Crippen MR) is 125 cm³/mol. The number of rotatable bonds is 3. The summed E-state index contributed by atoms with van der Waals surface area (Å²) in [6.07, 6.45) is 1.56. The summed E-state index contributed by atoms with van der Waals surface area (Å²) in [5.74, 6) is 1.31. The molecule has 0 bridgehead atoms. The van der Waals surface area contributed by atoms with E-state index in [9.17, 15) is 9.59 Å². The monoisotopic (exact) mass is 443 g/mol. The molecule has 5 rings (SSSR count). The third kappa shape index (κ3) is 4.06. The second-order valence-electron chi connectivity index (χ2n) is 9.23. The molecule has 2 amide bonds. The number of furan rings is 1. The number of benzene rings is 1. The van der Waals surface area contributed by atoms with Crippen molar-refractivity contribution in [2.75, 3.05) is 13.1 Å². The number of piperidine rings is 1. The van der Waals surface area contributed by atoms with Crippen LogP contribution >= 0.6 is 0 Å². The van der Waals surface area contributed by atoms with Crippen LogP contribution in [0.25, 0.3) is 0 Å². The van der Waals surface area contributed by atoms with Gasteiger partial charge in [0.2, 0.25) is 0 Å². The summed E-state index contributed by atoms with van der Waals surface area (Å²) in [5.41, 5.74) is 5.88. The number of carbonyl (C=O) groups excluding carboxylic acids is 2. The lowest BCUT2D eigenvalue weighted by Crippen LogP contribution is -2.38. The first-order chi connectivity index (χ1) is 15.9. The molecule has 4 heterocycles. The van der Waals surface area contributed by atoms with E-state index in [-0.39, 0.29) is 17.7 Å². The van der Waals surface area contributed by atoms with Crippen LogP contribution in [0.3, 0.4) is 0 Å². The second-order valence-corrected chi connectivity index (χ2v) is 9.23. The highest BCUT2D eigenvalue weighted by atomic mass is 16.4. The SMILES string of the molecule is Cc1ccc(C(=O)N2Cc3ccccc3C2)c(C2CCN(C(=O)c3cc(C)c(C)o3)CC2)n1. The molecule has 0 N–H and O–H groups in total. The van der Waals surface area contributed by atoms with Crippen molar-refractivity contribution in [3.63, 3.8) is 0 Å². The van der Waals surface area contributed by atoms with Crippen LogP contribution in [-0.2, 0) is 13.1 Å². The lowest BCUT2D eigenvalue weighted by atomic mass is 9.89. The highest BCUT2D eigenvalue weighted by Crippen LogP contribution is 2.32. The van der Waals surface area contributed by atoms with Crippen molar-refractivity contribution in [1.82, 2.24) is 14.8 Å². The van der Waals surface area contributed by atoms with Gasteiger partial charge in [-0.2, -0.15) is 0 Å². The first-order valence-electron chi connectivity index (χ1n) is 11.6. The number of carbonyl (C=O) groups is 2. The molecule has 3 aromatic rings. The van der Waals surface area contributed by atoms with E-state index in [4.69, 9.17) is 9.40 Å². The first-order valence-corrected chi connectivity index (χ1v) is 11.6. The van der Waals surface area contributed by atoms with E-state index in [1.165, 1.54) is 11.1 Å². The zero-order valence-corrected chi connectivity index (χ0v) is 19.4. The summed E-state index contributed by atoms with van der Waals surface area (Å²) in [5, 5.41) is 0. The number of hydrogen-bond acceptors (Lipinski definition) is 4. The van der Waals surface area contributed by atoms with Gasteiger partial charge in [0.1, 0.15) is 5.76 Å². The molecule has 0 atom stereocenters. The lowest BCUT2D eigenvalue weighted by molar-refractivity contribution is 0.0673. The summed E-state index contributed by atoms with van der Waals surface area (Å²) < 4.78 is 5.64. The minimum absolute atomic E-state index is 0.0359. The Morgan fingerprint density at radius 1 is 0.909 bits per heavy atom. The Balaban J connectivity index is 1.32. The van der Waals surface area contributed by atoms with Gasteiger partial charge in [-0.1, -0.05) is 24.3 Å². The average Bonchev–Trinajstić information content (AvgIpc) is 3.41. The second kappa shape index (κ2) is 8.50. The minimum atomic E-state index is -0.0621. The third-order valence-electron chi connectivity index (χ3n) is 6.97. The topological polar surface area (TPSA) is 66.7 Å². The Hall–Kier alpha value is -3.41. The van der Waals surface area contributed by atoms with Crippen molar-refractivity contribution >= 4 is 11.8 Å². The van der Waals surface area contributed by atoms with E-state index in [2.05, 4.69) is 12.1 Å². The lowest BCUT2D eigenvalue weighted by Gasteiger charge is -2.32. The summed E-state index contributed by atoms with van der Waals surface area (Å²) >= 11 is 0. The van der Waals surface area contributed by atoms with Gasteiger partial charge in [-0.05, 0) is 68.5 Å². The molecule has 6 heteroatoms. The summed E-state index contributed by atoms with van der Waals surface area (Å²) in [4.78, 5) is 34.9. The number of hydrogen-bond donors (Lipinski definition) is 0. The van der Waals surface area contributed by atoms with Crippen LogP contribution in [0.1, 0.15) is 73.5 Å². The molecule has 33 heavy (non-hydrogen) atoms. The number of pyridine rings is 1. The van der Waals surface area contributed by atoms with Gasteiger partial charge in [0.05, 0.1) is 11.3 Å². The maximum absolute atomic E-state index is 13.5. The Bertz CT molecular complexity index is 1180. The van der Waals surface area contributed by atoms with Gasteiger partial charge in [0.15, 0.2) is 5.76 Å². The molecule has 0 aliphatic carbocycles. The minimum Gasteiger partial charge on any atom is -0.456 e. The number of fused-ring (bicyclic) bond motifs is 1. The highest BCUT2D eigenvalue weighted by Gasteiger charge is 2.32. The van der Waals surface area contributed by atoms with E-state index in [1.807, 2.05) is 60.9 Å². The van der Waals surface area contributed by atoms with Crippen molar-refractivity contribution in [2.45, 2.75) is 52.6 Å². The van der Waals surface area contributed by atoms with Crippen LogP contribution in [0.15, 0.2) is 46.9 Å². The van der Waals surface area contributed by atoms with Crippen LogP contribution in [0.5, 0.6) is 0 Å². The summed E-state index contributed by atoms with van der Waals surface area (Å²) in [6, 6.07) is 13.9. The molecule has 0 spiro atoms. The molecular formula is C27H29N3O3. The van der Waals surface area contributed by atoms with Crippen LogP contribution in [0.4, 0.5) is 0 Å². The van der Waals surface area contributed by atoms with E-state index in [1.54, 1.807) is 0 Å². The van der Waals surface area contributed by atoms with Crippen molar-refractivity contribution in [3.05, 3.63) is 87.6 Å². The Kier molecular flexibility index (Phi) is 5.52. The van der Waals surface area contributed by atoms with Crippen molar-refractivity contribution in [1.29, 1.82) is 0 Å². The fourth-order valence-corrected chi connectivity index (χ4v) is 4.91. The van der Waals surface area contributed by atoms with Gasteiger partial charge in [0.25, 0.3) is 11.8 Å². The molecule has 1 fully saturated rings. The van der Waals surface area contributed by atoms with Crippen LogP contribution in [0, 0.1) is 20.8 Å². The van der Waals surface area contributed by atoms with Gasteiger partial charge in [-0.3, -0.25) is 14.6 Å². The molecule has 6 nitrogen and oxygen atoms in total. The number of likely N-dealkylation sites (tertiary alicyclic amines) is 1. The summed E-state index contributed by atoms with van der Waals surface area (Å²) in [7, 11) is 0. The zero-order valence-electron chi connectivity index (χ0n) is 19.4. The quantitative estimate of drug-likeness (QED) is 0.585. The summed E-state index contributed by atoms with van der Waals surface area (Å²) in [6.45, 7) is 8.31. The number of aromatic nitrogens is 1. The fourth-order valence-electron chi connectivity index (χ4n) is 4.91. The maximum atomic E-state index is 13.5. The molecule has 1 saturated heterocycles. The first kappa shape index (κ1) is 21.4. The molecule has 2 aliphatic rings. The standard InChI is InChI=1S/C27H29N3O3/c1-17-14-24(33-19(17)3)27(32)29-12-10-20(11-13-29)25-23(9-8-18(2)28-25)26(31)30-15-21-6-4-5-7-22(21)16-30/h4-9,14,20H,10-13,15-16H2,1-3H3. The zero-order chi connectivity index (χ0) is 23.1. The van der Waals surface area contributed by atoms with Crippen LogP contribution in [0.2, 0.25) is 0 Å². The largest absolute Gasteiger partial charge is 0.456 e.